The van der Waals surface area contributed by atoms with Gasteiger partial charge in [0.2, 0.25) is 5.78 Å². The first kappa shape index (κ1) is 18.5. The summed E-state index contributed by atoms with van der Waals surface area (Å²) in [4.78, 5) is 28.0. The minimum absolute atomic E-state index is 0.0196. The molecule has 1 fully saturated rings. The minimum Gasteiger partial charge on any atom is -0.454 e. The van der Waals surface area contributed by atoms with Gasteiger partial charge in [0, 0.05) is 17.8 Å². The number of allylic oxidation sites excluding steroid dienone is 1. The summed E-state index contributed by atoms with van der Waals surface area (Å²) >= 11 is 0. The second-order valence-electron chi connectivity index (χ2n) is 5.55. The molecule has 0 aliphatic heterocycles. The molecule has 9 heteroatoms. The van der Waals surface area contributed by atoms with E-state index < -0.39 is 41.4 Å². The molecule has 1 aliphatic carbocycles. The molecule has 0 saturated heterocycles. The number of ketones is 1. The number of Topliss-reactive ketones (excluding diaryl/α,β-unsaturated/α-hetero) is 1. The Hall–Kier alpha value is -2.84. The molecule has 134 valence electrons. The highest BCUT2D eigenvalue weighted by Crippen LogP contribution is 2.24. The van der Waals surface area contributed by atoms with E-state index >= 15 is 0 Å². The largest absolute Gasteiger partial charge is 0.454 e. The van der Waals surface area contributed by atoms with Crippen LogP contribution in [-0.2, 0) is 9.53 Å². The molecular weight excluding hydrogens is 339 g/mol. The number of hydrogen-bond acceptors (Lipinski definition) is 5. The second-order valence-corrected chi connectivity index (χ2v) is 5.55. The smallest absolute Gasteiger partial charge is 0.344 e. The second kappa shape index (κ2) is 7.37. The van der Waals surface area contributed by atoms with Gasteiger partial charge in [0.25, 0.3) is 0 Å². The molecular formula is C16H16F3N3O3. The number of hydrogen-bond donors (Lipinski definition) is 2. The number of ether oxygens (including phenoxy) is 1. The van der Waals surface area contributed by atoms with E-state index in [1.54, 1.807) is 0 Å². The van der Waals surface area contributed by atoms with Crippen LogP contribution in [0.5, 0.6) is 0 Å². The van der Waals surface area contributed by atoms with Crippen LogP contribution in [0.4, 0.5) is 13.2 Å². The first-order valence-electron chi connectivity index (χ1n) is 7.35. The molecule has 1 saturated carbocycles. The Kier molecular flexibility index (Phi) is 5.45. The van der Waals surface area contributed by atoms with Crippen molar-refractivity contribution in [2.75, 3.05) is 6.61 Å². The maximum Gasteiger partial charge on any atom is 0.344 e. The average Bonchev–Trinajstić information content (AvgIpc) is 3.27. The Morgan fingerprint density at radius 1 is 1.20 bits per heavy atom. The summed E-state index contributed by atoms with van der Waals surface area (Å²) in [7, 11) is 0. The van der Waals surface area contributed by atoms with Crippen LogP contribution < -0.4 is 11.5 Å². The molecule has 0 atom stereocenters. The van der Waals surface area contributed by atoms with Crippen LogP contribution in [0, 0.1) is 17.5 Å². The number of aliphatic imine (C=N–C) groups is 1. The van der Waals surface area contributed by atoms with Crippen molar-refractivity contribution < 1.29 is 27.5 Å². The zero-order valence-corrected chi connectivity index (χ0v) is 13.3. The van der Waals surface area contributed by atoms with Gasteiger partial charge in [-0.15, -0.1) is 0 Å². The highest BCUT2D eigenvalue weighted by Gasteiger charge is 2.26. The van der Waals surface area contributed by atoms with Crippen LogP contribution in [0.1, 0.15) is 30.1 Å². The fourth-order valence-corrected chi connectivity index (χ4v) is 2.02. The summed E-state index contributed by atoms with van der Waals surface area (Å²) < 4.78 is 44.7. The Morgan fingerprint density at radius 3 is 2.24 bits per heavy atom. The average molecular weight is 355 g/mol. The zero-order valence-electron chi connectivity index (χ0n) is 13.3. The third-order valence-electron chi connectivity index (χ3n) is 3.34. The lowest BCUT2D eigenvalue weighted by Crippen LogP contribution is -2.28. The van der Waals surface area contributed by atoms with Gasteiger partial charge in [0.05, 0.1) is 11.6 Å². The monoisotopic (exact) mass is 355 g/mol. The fourth-order valence-electron chi connectivity index (χ4n) is 2.02. The molecule has 4 N–H and O–H groups in total. The highest BCUT2D eigenvalue weighted by atomic mass is 19.1. The van der Waals surface area contributed by atoms with Crippen molar-refractivity contribution in [1.29, 1.82) is 0 Å². The summed E-state index contributed by atoms with van der Waals surface area (Å²) in [5.74, 6) is -6.29. The number of nitrogens with zero attached hydrogens (tertiary/aromatic N) is 1. The molecule has 6 nitrogen and oxygen atoms in total. The molecule has 0 spiro atoms. The number of nitrogens with two attached hydrogens (primary N) is 2. The Balaban J connectivity index is 2.10. The van der Waals surface area contributed by atoms with E-state index in [9.17, 15) is 22.8 Å². The predicted molar refractivity (Wildman–Crippen MR) is 83.1 cm³/mol. The lowest BCUT2D eigenvalue weighted by atomic mass is 10.1. The van der Waals surface area contributed by atoms with Crippen molar-refractivity contribution in [2.45, 2.75) is 25.8 Å². The van der Waals surface area contributed by atoms with E-state index in [1.807, 2.05) is 0 Å². The number of amidine groups is 1. The summed E-state index contributed by atoms with van der Waals surface area (Å²) in [6, 6.07) is 0.730. The topological polar surface area (TPSA) is 108 Å². The molecule has 0 unspecified atom stereocenters. The predicted octanol–water partition coefficient (Wildman–Crippen LogP) is 1.58. The van der Waals surface area contributed by atoms with E-state index in [4.69, 9.17) is 16.2 Å². The van der Waals surface area contributed by atoms with Crippen molar-refractivity contribution in [3.05, 3.63) is 46.4 Å². The molecule has 0 amide bonds. The summed E-state index contributed by atoms with van der Waals surface area (Å²) in [5.41, 5.74) is 10.1. The van der Waals surface area contributed by atoms with Gasteiger partial charge in [-0.2, -0.15) is 0 Å². The summed E-state index contributed by atoms with van der Waals surface area (Å²) in [6.45, 7) is 0.429. The van der Waals surface area contributed by atoms with Gasteiger partial charge in [-0.3, -0.25) is 9.79 Å². The van der Waals surface area contributed by atoms with Crippen molar-refractivity contribution in [2.24, 2.45) is 16.5 Å². The van der Waals surface area contributed by atoms with Crippen LogP contribution in [0.15, 0.2) is 28.4 Å². The third-order valence-corrected chi connectivity index (χ3v) is 3.34. The molecule has 2 rings (SSSR count). The van der Waals surface area contributed by atoms with Gasteiger partial charge < -0.3 is 16.2 Å². The number of carbonyl (C=O) groups is 2. The van der Waals surface area contributed by atoms with Crippen LogP contribution >= 0.6 is 0 Å². The van der Waals surface area contributed by atoms with E-state index in [1.165, 1.54) is 6.92 Å². The molecule has 0 radical (unpaired) electrons. The van der Waals surface area contributed by atoms with Crippen molar-refractivity contribution in [3.63, 3.8) is 0 Å². The van der Waals surface area contributed by atoms with Gasteiger partial charge in [-0.05, 0) is 19.8 Å². The molecule has 0 heterocycles. The van der Waals surface area contributed by atoms with E-state index in [0.717, 1.165) is 12.8 Å². The van der Waals surface area contributed by atoms with Crippen LogP contribution in [0.25, 0.3) is 0 Å². The molecule has 1 aromatic rings. The number of benzene rings is 1. The van der Waals surface area contributed by atoms with E-state index in [-0.39, 0.29) is 23.1 Å². The number of esters is 1. The van der Waals surface area contributed by atoms with Crippen LogP contribution in [-0.4, -0.2) is 30.2 Å². The normalized spacial score (nSPS) is 15.6. The summed E-state index contributed by atoms with van der Waals surface area (Å²) in [5, 5.41) is 0. The maximum atomic E-state index is 13.5. The van der Waals surface area contributed by atoms with Gasteiger partial charge in [-0.25, -0.2) is 18.0 Å². The SMILES string of the molecule is C/C(N)=C(\C(=O)OCC(=O)c1c(F)cc(F)cc1F)C(N)=NC1CC1. The zero-order chi connectivity index (χ0) is 18.7. The van der Waals surface area contributed by atoms with Crippen molar-refractivity contribution in [1.82, 2.24) is 0 Å². The Labute approximate surface area is 141 Å². The first-order valence-corrected chi connectivity index (χ1v) is 7.35. The van der Waals surface area contributed by atoms with E-state index in [0.29, 0.717) is 12.1 Å². The van der Waals surface area contributed by atoms with Gasteiger partial charge in [-0.1, -0.05) is 0 Å². The molecule has 1 aromatic carbocycles. The Bertz CT molecular complexity index is 759. The molecule has 0 bridgehead atoms. The third kappa shape index (κ3) is 4.59. The molecule has 1 aliphatic rings. The maximum absolute atomic E-state index is 13.5. The van der Waals surface area contributed by atoms with E-state index in [2.05, 4.69) is 4.99 Å². The van der Waals surface area contributed by atoms with Crippen LogP contribution in [0.3, 0.4) is 0 Å². The number of carbonyl (C=O) groups excluding carboxylic acids is 2. The van der Waals surface area contributed by atoms with Crippen LogP contribution in [0.2, 0.25) is 0 Å². The summed E-state index contributed by atoms with van der Waals surface area (Å²) in [6.07, 6.45) is 1.68. The highest BCUT2D eigenvalue weighted by molar-refractivity contribution is 6.19. The quantitative estimate of drug-likeness (QED) is 0.265. The van der Waals surface area contributed by atoms with Crippen molar-refractivity contribution >= 4 is 17.6 Å². The molecule has 0 aromatic heterocycles. The molecule has 25 heavy (non-hydrogen) atoms. The Morgan fingerprint density at radius 2 is 1.76 bits per heavy atom. The fraction of sp³-hybridized carbons (Fsp3) is 0.312. The van der Waals surface area contributed by atoms with Gasteiger partial charge in [0.1, 0.15) is 28.9 Å². The van der Waals surface area contributed by atoms with Crippen molar-refractivity contribution in [3.8, 4) is 0 Å². The minimum atomic E-state index is -1.39. The number of halogens is 3. The number of rotatable bonds is 6. The van der Waals surface area contributed by atoms with Gasteiger partial charge in [0.15, 0.2) is 6.61 Å². The lowest BCUT2D eigenvalue weighted by molar-refractivity contribution is -0.137. The lowest BCUT2D eigenvalue weighted by Gasteiger charge is -2.10. The first-order chi connectivity index (χ1) is 11.7. The van der Waals surface area contributed by atoms with Gasteiger partial charge >= 0.3 is 5.97 Å². The standard InChI is InChI=1S/C16H16F3N3O3/c1-7(20)13(15(21)22-9-2-3-9)16(24)25-6-12(23)14-10(18)4-8(17)5-11(14)19/h4-5,9H,2-3,6,20H2,1H3,(H2,21,22)/b13-7+.